The van der Waals surface area contributed by atoms with Gasteiger partial charge in [-0.1, -0.05) is 20.5 Å². The summed E-state index contributed by atoms with van der Waals surface area (Å²) < 4.78 is 0.372. The molecule has 0 saturated heterocycles. The first-order valence-corrected chi connectivity index (χ1v) is 7.66. The van der Waals surface area contributed by atoms with Crippen molar-refractivity contribution in [3.05, 3.63) is 0 Å². The van der Waals surface area contributed by atoms with E-state index in [9.17, 15) is 0 Å². The van der Waals surface area contributed by atoms with Gasteiger partial charge in [0.1, 0.15) is 9.38 Å². The molecule has 65 valence electrons. The quantitative estimate of drug-likeness (QED) is 0.384. The fourth-order valence-corrected chi connectivity index (χ4v) is 1.87. The Kier molecular flexibility index (Phi) is 11.5. The van der Waals surface area contributed by atoms with E-state index in [4.69, 9.17) is 7.74 Å². The highest BCUT2D eigenvalue weighted by Crippen LogP contribution is 1.99. The topological polar surface area (TPSA) is 0 Å². The molecule has 0 unspecified atom stereocenters. The molecule has 0 N–H and O–H groups in total. The largest absolute Gasteiger partial charge is 0.173 e. The van der Waals surface area contributed by atoms with Gasteiger partial charge in [0.05, 0.1) is 13.1 Å². The minimum atomic E-state index is 0.372. The van der Waals surface area contributed by atoms with Crippen LogP contribution in [0.25, 0.3) is 0 Å². The number of halogens is 2. The monoisotopic (exact) mass is 409 g/mol. The zero-order valence-electron chi connectivity index (χ0n) is 9.53. The van der Waals surface area contributed by atoms with Gasteiger partial charge < -0.3 is 0 Å². The minimum Gasteiger partial charge on any atom is -0.173 e. The van der Waals surface area contributed by atoms with Crippen molar-refractivity contribution in [2.45, 2.75) is 20.5 Å². The molecule has 12 heteroatoms. The second-order valence-corrected chi connectivity index (χ2v) is 6.18. The molecule has 0 rings (SSSR count). The van der Waals surface area contributed by atoms with Crippen molar-refractivity contribution in [1.29, 1.82) is 0 Å². The third-order valence-corrected chi connectivity index (χ3v) is 4.20. The van der Waals surface area contributed by atoms with Crippen LogP contribution in [-0.4, -0.2) is 64.8 Å². The standard InChI is InChI=1S/C3H9B10I2/c1-10(2)11(3)9-12(7-6-8-14)13(15)5-4/h1-3H3. The summed E-state index contributed by atoms with van der Waals surface area (Å²) in [6, 6.07) is 0. The summed E-state index contributed by atoms with van der Waals surface area (Å²) in [6.45, 7) is 8.07. The molecule has 0 aliphatic rings. The van der Waals surface area contributed by atoms with Crippen LogP contribution >= 0.6 is 44.7 Å². The molecular weight excluding hydrogens is 398 g/mol. The van der Waals surface area contributed by atoms with Crippen LogP contribution in [0.3, 0.4) is 0 Å². The molecule has 15 heavy (non-hydrogen) atoms. The molecule has 0 heterocycles. The summed E-state index contributed by atoms with van der Waals surface area (Å²) in [6.07, 6.45) is 0.430. The van der Waals surface area contributed by atoms with Crippen LogP contribution in [0.1, 0.15) is 0 Å². The Morgan fingerprint density at radius 1 is 1.20 bits per heavy atom. The van der Waals surface area contributed by atoms with Crippen molar-refractivity contribution in [2.75, 3.05) is 0 Å². The van der Waals surface area contributed by atoms with Crippen molar-refractivity contribution in [1.82, 2.24) is 0 Å². The van der Waals surface area contributed by atoms with Gasteiger partial charge in [-0.05, 0) is 0 Å². The van der Waals surface area contributed by atoms with Gasteiger partial charge in [-0.25, -0.2) is 0 Å². The second kappa shape index (κ2) is 10.1. The zero-order valence-corrected chi connectivity index (χ0v) is 13.8. The predicted octanol–water partition coefficient (Wildman–Crippen LogP) is -0.285. The summed E-state index contributed by atoms with van der Waals surface area (Å²) in [5.41, 5.74) is 0. The fraction of sp³-hybridized carbons (Fsp3) is 1.00. The lowest BCUT2D eigenvalue weighted by Gasteiger charge is -2.20. The van der Waals surface area contributed by atoms with E-state index >= 15 is 0 Å². The van der Waals surface area contributed by atoms with Gasteiger partial charge in [0, 0.05) is 42.4 Å². The molecule has 0 atom stereocenters. The van der Waals surface area contributed by atoms with Gasteiger partial charge in [0.15, 0.2) is 0 Å². The second-order valence-electron chi connectivity index (χ2n) is 4.02. The smallest absolute Gasteiger partial charge is 0.143 e. The van der Waals surface area contributed by atoms with E-state index in [2.05, 4.69) is 86.4 Å². The van der Waals surface area contributed by atoms with Crippen molar-refractivity contribution in [3.8, 4) is 0 Å². The highest BCUT2D eigenvalue weighted by molar-refractivity contribution is 14.1. The summed E-state index contributed by atoms with van der Waals surface area (Å²) >= 11 is 4.62. The Bertz CT molecular complexity index is 156. The Morgan fingerprint density at radius 2 is 1.80 bits per heavy atom. The Balaban J connectivity index is 4.11. The molecule has 0 aliphatic carbocycles. The van der Waals surface area contributed by atoms with Crippen LogP contribution in [-0.2, 0) is 0 Å². The normalized spacial score (nSPS) is 8.60. The van der Waals surface area contributed by atoms with Crippen molar-refractivity contribution < 1.29 is 0 Å². The first-order chi connectivity index (χ1) is 7.02. The third-order valence-electron chi connectivity index (χ3n) is 2.53. The molecular formula is C3H9B10I2. The van der Waals surface area contributed by atoms with Crippen LogP contribution in [0, 0.1) is 0 Å². The molecule has 0 spiro atoms. The summed E-state index contributed by atoms with van der Waals surface area (Å²) in [5, 5.41) is 2.03. The first-order valence-electron chi connectivity index (χ1n) is 5.17. The molecule has 0 saturated carbocycles. The van der Waals surface area contributed by atoms with E-state index in [0.717, 1.165) is 0 Å². The maximum Gasteiger partial charge on any atom is 0.143 e. The van der Waals surface area contributed by atoms with E-state index in [1.54, 1.807) is 7.06 Å². The number of hydrogen-bond acceptors (Lipinski definition) is 0. The molecule has 0 nitrogen and oxygen atoms in total. The van der Waals surface area contributed by atoms with Gasteiger partial charge in [0.2, 0.25) is 0 Å². The highest BCUT2D eigenvalue weighted by Gasteiger charge is 2.27. The lowest BCUT2D eigenvalue weighted by Crippen LogP contribution is -2.56. The van der Waals surface area contributed by atoms with Gasteiger partial charge in [-0.3, -0.25) is 0 Å². The van der Waals surface area contributed by atoms with Crippen molar-refractivity contribution >= 4 is 110 Å². The Morgan fingerprint density at radius 3 is 2.20 bits per heavy atom. The van der Waals surface area contributed by atoms with Crippen LogP contribution in [0.2, 0.25) is 20.5 Å². The Labute approximate surface area is 129 Å². The van der Waals surface area contributed by atoms with Gasteiger partial charge in [-0.2, -0.15) is 44.7 Å². The summed E-state index contributed by atoms with van der Waals surface area (Å²) in [4.78, 5) is 0. The molecule has 0 aromatic carbocycles. The molecule has 0 bridgehead atoms. The molecule has 0 aromatic heterocycles. The average Bonchev–Trinajstić information content (AvgIpc) is 2.22. The number of hydrogen-bond donors (Lipinski definition) is 0. The zero-order chi connectivity index (χ0) is 11.8. The molecule has 0 aromatic rings. The third kappa shape index (κ3) is 7.93. The minimum absolute atomic E-state index is 0.372. The van der Waals surface area contributed by atoms with Gasteiger partial charge in [0.25, 0.3) is 0 Å². The first kappa shape index (κ1) is 17.1. The van der Waals surface area contributed by atoms with E-state index in [1.807, 2.05) is 5.03 Å². The fourth-order valence-electron chi connectivity index (χ4n) is 1.15. The van der Waals surface area contributed by atoms with E-state index in [1.165, 1.54) is 0 Å². The average molecular weight is 407 g/mol. The predicted molar refractivity (Wildman–Crippen MR) is 103 cm³/mol. The van der Waals surface area contributed by atoms with Crippen LogP contribution < -0.4 is 0 Å². The van der Waals surface area contributed by atoms with Crippen molar-refractivity contribution in [3.63, 3.8) is 0 Å². The maximum absolute atomic E-state index is 5.60. The van der Waals surface area contributed by atoms with Gasteiger partial charge in [-0.15, -0.1) is 0 Å². The molecule has 0 amide bonds. The van der Waals surface area contributed by atoms with Crippen LogP contribution in [0.15, 0.2) is 0 Å². The lowest BCUT2D eigenvalue weighted by atomic mass is 8.69. The molecule has 0 aliphatic heterocycles. The SMILES string of the molecule is [B][B]B(I)B([B][B][B]I)[B]B(C)B(C)C. The summed E-state index contributed by atoms with van der Waals surface area (Å²) in [5.74, 6) is 0. The van der Waals surface area contributed by atoms with E-state index in [-0.39, 0.29) is 0 Å². The van der Waals surface area contributed by atoms with Crippen molar-refractivity contribution in [2.24, 2.45) is 0 Å². The van der Waals surface area contributed by atoms with E-state index in [0.29, 0.717) is 23.8 Å². The Hall–Kier alpha value is 2.11. The summed E-state index contributed by atoms with van der Waals surface area (Å²) in [7, 11) is 14.1. The lowest BCUT2D eigenvalue weighted by molar-refractivity contribution is 2.06. The van der Waals surface area contributed by atoms with E-state index < -0.39 is 0 Å². The maximum atomic E-state index is 5.60. The van der Waals surface area contributed by atoms with Crippen LogP contribution in [0.4, 0.5) is 0 Å². The molecule has 7 radical (unpaired) electrons. The number of rotatable bonds is 8. The molecule has 0 fully saturated rings. The van der Waals surface area contributed by atoms with Gasteiger partial charge >= 0.3 is 0 Å². The van der Waals surface area contributed by atoms with Crippen LogP contribution in [0.5, 0.6) is 0 Å². The highest BCUT2D eigenvalue weighted by atomic mass is 127.